The number of phenols is 1. The summed E-state index contributed by atoms with van der Waals surface area (Å²) < 4.78 is 6.55. The van der Waals surface area contributed by atoms with E-state index in [9.17, 15) is 14.7 Å². The fraction of sp³-hybridized carbons (Fsp3) is 0.214. The van der Waals surface area contributed by atoms with Crippen LogP contribution in [0.3, 0.4) is 0 Å². The number of ether oxygens (including phenoxy) is 1. The van der Waals surface area contributed by atoms with Gasteiger partial charge in [0.25, 0.3) is 0 Å². The average Bonchev–Trinajstić information content (AvgIpc) is 2.85. The molecule has 0 spiro atoms. The van der Waals surface area contributed by atoms with Crippen molar-refractivity contribution in [2.45, 2.75) is 32.8 Å². The number of nitrogens with one attached hydrogen (secondary N) is 2. The Morgan fingerprint density at radius 1 is 1.08 bits per heavy atom. The quantitative estimate of drug-likeness (QED) is 0.170. The summed E-state index contributed by atoms with van der Waals surface area (Å²) in [6.07, 6.45) is 3.05. The van der Waals surface area contributed by atoms with E-state index >= 15 is 0 Å². The zero-order chi connectivity index (χ0) is 26.1. The smallest absolute Gasteiger partial charge is 0.412 e. The van der Waals surface area contributed by atoms with Gasteiger partial charge >= 0.3 is 6.09 Å². The number of para-hydroxylation sites is 2. The van der Waals surface area contributed by atoms with Crippen LogP contribution in [-0.2, 0) is 9.53 Å². The van der Waals surface area contributed by atoms with Crippen LogP contribution in [0.15, 0.2) is 83.4 Å². The van der Waals surface area contributed by atoms with Gasteiger partial charge in [0.2, 0.25) is 5.91 Å². The van der Waals surface area contributed by atoms with Crippen molar-refractivity contribution in [1.29, 1.82) is 0 Å². The molecule has 36 heavy (non-hydrogen) atoms. The molecule has 8 heteroatoms. The topological polar surface area (TPSA) is 114 Å². The maximum atomic E-state index is 12.7. The molecule has 188 valence electrons. The molecule has 0 saturated heterocycles. The zero-order valence-corrected chi connectivity index (χ0v) is 21.8. The van der Waals surface area contributed by atoms with Crippen molar-refractivity contribution in [3.8, 4) is 5.75 Å². The van der Waals surface area contributed by atoms with Gasteiger partial charge in [0.05, 0.1) is 11.4 Å². The van der Waals surface area contributed by atoms with Crippen LogP contribution in [0.2, 0.25) is 0 Å². The third kappa shape index (κ3) is 7.88. The maximum Gasteiger partial charge on any atom is 0.412 e. The van der Waals surface area contributed by atoms with Crippen molar-refractivity contribution in [2.24, 2.45) is 5.92 Å². The number of carbonyl (C=O) groups is 2. The minimum Gasteiger partial charge on any atom is -0.508 e. The molecule has 0 aliphatic carbocycles. The first-order valence-electron chi connectivity index (χ1n) is 11.6. The maximum absolute atomic E-state index is 12.7. The standard InChI is InChI=1S/C28H30BrN3O4/c1-18-11-14-21(15-12-18)31-28(35)36-27(22-17-20(29)13-16-25(22)33)19(2)7-3-6-10-26(34)32-24-9-5-4-8-23(24)30/h4-6,8-17,19,27,33H,3,7,30H2,1-2H3,(H,31,35)(H,32,34)/b10-6+/t19-,27+/m0/s1. The Balaban J connectivity index is 1.65. The molecule has 0 heterocycles. The number of nitrogen functional groups attached to an aromatic ring is 1. The van der Waals surface area contributed by atoms with E-state index in [1.54, 1.807) is 60.7 Å². The Bertz CT molecular complexity index is 1230. The van der Waals surface area contributed by atoms with Gasteiger partial charge in [-0.05, 0) is 74.2 Å². The molecule has 0 saturated carbocycles. The number of hydrogen-bond acceptors (Lipinski definition) is 5. The number of phenolic OH excluding ortho intramolecular Hbond substituents is 1. The molecular weight excluding hydrogens is 522 g/mol. The van der Waals surface area contributed by atoms with E-state index in [-0.39, 0.29) is 17.6 Å². The molecule has 5 N–H and O–H groups in total. The number of benzene rings is 3. The number of allylic oxidation sites excluding steroid dienone is 1. The number of aryl methyl sites for hydroxylation is 1. The lowest BCUT2D eigenvalue weighted by molar-refractivity contribution is -0.111. The van der Waals surface area contributed by atoms with Gasteiger partial charge in [0.1, 0.15) is 11.9 Å². The largest absolute Gasteiger partial charge is 0.508 e. The molecule has 0 aliphatic heterocycles. The number of hydrogen-bond donors (Lipinski definition) is 4. The second kappa shape index (κ2) is 12.8. The number of rotatable bonds is 9. The molecule has 7 nitrogen and oxygen atoms in total. The van der Waals surface area contributed by atoms with Gasteiger partial charge in [0.15, 0.2) is 0 Å². The fourth-order valence-corrected chi connectivity index (χ4v) is 4.00. The minimum absolute atomic E-state index is 0.0357. The van der Waals surface area contributed by atoms with E-state index in [1.165, 1.54) is 6.08 Å². The molecule has 2 atom stereocenters. The molecule has 3 rings (SSSR count). The van der Waals surface area contributed by atoms with Crippen molar-refractivity contribution in [3.63, 3.8) is 0 Å². The third-order valence-electron chi connectivity index (χ3n) is 5.62. The SMILES string of the molecule is Cc1ccc(NC(=O)O[C@@H](c2cc(Br)ccc2O)[C@@H](C)CC/C=C/C(=O)Nc2ccccc2N)cc1. The van der Waals surface area contributed by atoms with Crippen LogP contribution in [0.1, 0.15) is 37.0 Å². The summed E-state index contributed by atoms with van der Waals surface area (Å²) in [5.74, 6) is -0.407. The molecule has 0 bridgehead atoms. The molecule has 0 fully saturated rings. The van der Waals surface area contributed by atoms with Gasteiger partial charge in [-0.1, -0.05) is 58.8 Å². The average molecular weight is 552 g/mol. The summed E-state index contributed by atoms with van der Waals surface area (Å²) >= 11 is 3.42. The second-order valence-electron chi connectivity index (χ2n) is 8.55. The Hall–Kier alpha value is -3.78. The normalized spacial score (nSPS) is 12.6. The van der Waals surface area contributed by atoms with Crippen LogP contribution >= 0.6 is 15.9 Å². The van der Waals surface area contributed by atoms with Gasteiger partial charge < -0.3 is 20.9 Å². The highest BCUT2D eigenvalue weighted by atomic mass is 79.9. The predicted octanol–water partition coefficient (Wildman–Crippen LogP) is 6.95. The number of anilines is 3. The van der Waals surface area contributed by atoms with Gasteiger partial charge in [-0.3, -0.25) is 10.1 Å². The van der Waals surface area contributed by atoms with Gasteiger partial charge in [0, 0.05) is 15.7 Å². The van der Waals surface area contributed by atoms with Gasteiger partial charge in [-0.25, -0.2) is 4.79 Å². The van der Waals surface area contributed by atoms with E-state index in [4.69, 9.17) is 10.5 Å². The summed E-state index contributed by atoms with van der Waals surface area (Å²) in [5.41, 5.74) is 9.10. The van der Waals surface area contributed by atoms with Crippen LogP contribution in [-0.4, -0.2) is 17.1 Å². The number of aromatic hydroxyl groups is 1. The van der Waals surface area contributed by atoms with Crippen molar-refractivity contribution in [2.75, 3.05) is 16.4 Å². The summed E-state index contributed by atoms with van der Waals surface area (Å²) in [5, 5.41) is 16.0. The molecule has 2 amide bonds. The number of amides is 2. The number of nitrogens with two attached hydrogens (primary N) is 1. The van der Waals surface area contributed by atoms with Crippen LogP contribution in [0.4, 0.5) is 21.9 Å². The molecule has 3 aromatic carbocycles. The summed E-state index contributed by atoms with van der Waals surface area (Å²) in [6.45, 7) is 3.90. The lowest BCUT2D eigenvalue weighted by Gasteiger charge is -2.25. The lowest BCUT2D eigenvalue weighted by Crippen LogP contribution is -2.22. The minimum atomic E-state index is -0.709. The number of carbonyl (C=O) groups excluding carboxylic acids is 2. The van der Waals surface area contributed by atoms with Crippen molar-refractivity contribution in [1.82, 2.24) is 0 Å². The summed E-state index contributed by atoms with van der Waals surface area (Å²) in [4.78, 5) is 24.9. The first kappa shape index (κ1) is 26.8. The van der Waals surface area contributed by atoms with E-state index in [1.807, 2.05) is 26.0 Å². The predicted molar refractivity (Wildman–Crippen MR) is 147 cm³/mol. The van der Waals surface area contributed by atoms with E-state index in [0.29, 0.717) is 35.5 Å². The van der Waals surface area contributed by atoms with Gasteiger partial charge in [-0.2, -0.15) is 0 Å². The van der Waals surface area contributed by atoms with Crippen molar-refractivity contribution in [3.05, 3.63) is 94.5 Å². The molecule has 0 aromatic heterocycles. The van der Waals surface area contributed by atoms with Crippen LogP contribution in [0, 0.1) is 12.8 Å². The highest BCUT2D eigenvalue weighted by Gasteiger charge is 2.26. The lowest BCUT2D eigenvalue weighted by atomic mass is 9.92. The summed E-state index contributed by atoms with van der Waals surface area (Å²) in [6, 6.07) is 19.4. The molecule has 0 unspecified atom stereocenters. The van der Waals surface area contributed by atoms with Crippen LogP contribution < -0.4 is 16.4 Å². The Labute approximate surface area is 219 Å². The second-order valence-corrected chi connectivity index (χ2v) is 9.47. The van der Waals surface area contributed by atoms with E-state index in [0.717, 1.165) is 10.0 Å². The Kier molecular flexibility index (Phi) is 9.53. The Morgan fingerprint density at radius 3 is 2.53 bits per heavy atom. The molecular formula is C28H30BrN3O4. The monoisotopic (exact) mass is 551 g/mol. The molecule has 0 aliphatic rings. The van der Waals surface area contributed by atoms with Crippen molar-refractivity contribution >= 4 is 45.0 Å². The highest BCUT2D eigenvalue weighted by Crippen LogP contribution is 2.36. The summed E-state index contributed by atoms with van der Waals surface area (Å²) in [7, 11) is 0. The van der Waals surface area contributed by atoms with Crippen molar-refractivity contribution < 1.29 is 19.4 Å². The first-order valence-corrected chi connectivity index (χ1v) is 12.4. The zero-order valence-electron chi connectivity index (χ0n) is 20.2. The van der Waals surface area contributed by atoms with E-state index in [2.05, 4.69) is 26.6 Å². The number of halogens is 1. The molecule has 0 radical (unpaired) electrons. The fourth-order valence-electron chi connectivity index (χ4n) is 3.63. The Morgan fingerprint density at radius 2 is 1.81 bits per heavy atom. The third-order valence-corrected chi connectivity index (χ3v) is 6.11. The van der Waals surface area contributed by atoms with E-state index < -0.39 is 12.2 Å². The van der Waals surface area contributed by atoms with Crippen LogP contribution in [0.5, 0.6) is 5.75 Å². The van der Waals surface area contributed by atoms with Crippen LogP contribution in [0.25, 0.3) is 0 Å². The van der Waals surface area contributed by atoms with Gasteiger partial charge in [-0.15, -0.1) is 0 Å². The first-order chi connectivity index (χ1) is 17.2. The highest BCUT2D eigenvalue weighted by molar-refractivity contribution is 9.10. The molecule has 3 aromatic rings.